The zero-order valence-electron chi connectivity index (χ0n) is 44.6. The first-order valence-electron chi connectivity index (χ1n) is 28.6. The molecule has 0 saturated heterocycles. The molecule has 3 heterocycles. The smallest absolute Gasteiger partial charge is 0.159 e. The zero-order chi connectivity index (χ0) is 48.1. The maximum absolute atomic E-state index is 4.66. The molecular formula is C62H96N6. The highest BCUT2D eigenvalue weighted by Gasteiger charge is 2.26. The van der Waals surface area contributed by atoms with Crippen molar-refractivity contribution in [3.63, 3.8) is 0 Å². The molecule has 0 unspecified atom stereocenters. The Kier molecular flexibility index (Phi) is 22.9. The summed E-state index contributed by atoms with van der Waals surface area (Å²) < 4.78 is 0. The van der Waals surface area contributed by atoms with Crippen molar-refractivity contribution in [3.8, 4) is 11.4 Å². The van der Waals surface area contributed by atoms with Gasteiger partial charge in [-0.3, -0.25) is 0 Å². The van der Waals surface area contributed by atoms with Gasteiger partial charge in [-0.05, 0) is 147 Å². The molecule has 3 aromatic heterocycles. The van der Waals surface area contributed by atoms with Crippen molar-refractivity contribution in [2.24, 2.45) is 47.3 Å². The molecule has 1 aromatic carbocycles. The number of hydrogen-bond donors (Lipinski definition) is 0. The molecule has 374 valence electrons. The van der Waals surface area contributed by atoms with E-state index in [1.807, 2.05) is 45.6 Å². The molecule has 68 heavy (non-hydrogen) atoms. The number of benzene rings is 1. The van der Waals surface area contributed by atoms with Crippen LogP contribution in [-0.4, -0.2) is 29.9 Å². The molecule has 4 aromatic rings. The number of aryl methyl sites for hydroxylation is 4. The lowest BCUT2D eigenvalue weighted by Gasteiger charge is -2.30. The predicted molar refractivity (Wildman–Crippen MR) is 287 cm³/mol. The SMILES string of the molecule is CC.CC1CCC(CCc2ncc(C3CCC(C)CC3)cn2)CC1.Cc1cnc(-c2ccc(CCC3CCC(C)CC3)cc2)nc1.Cc1cnc(C2CCC(CCC3CCC(C)CC3)CC2)nc1. The Morgan fingerprint density at radius 3 is 1.21 bits per heavy atom. The van der Waals surface area contributed by atoms with Gasteiger partial charge in [0.05, 0.1) is 0 Å². The molecular weight excluding hydrogens is 829 g/mol. The van der Waals surface area contributed by atoms with E-state index >= 15 is 0 Å². The Morgan fingerprint density at radius 1 is 0.382 bits per heavy atom. The molecule has 0 aliphatic heterocycles. The third-order valence-electron chi connectivity index (χ3n) is 17.2. The lowest BCUT2D eigenvalue weighted by molar-refractivity contribution is 0.236. The maximum Gasteiger partial charge on any atom is 0.159 e. The normalized spacial score (nSPS) is 28.4. The second-order valence-corrected chi connectivity index (χ2v) is 23.0. The summed E-state index contributed by atoms with van der Waals surface area (Å²) in [7, 11) is 0. The minimum atomic E-state index is 0.618. The van der Waals surface area contributed by atoms with Gasteiger partial charge in [0.15, 0.2) is 5.82 Å². The summed E-state index contributed by atoms with van der Waals surface area (Å²) in [6.07, 6.45) is 47.9. The molecule has 9 rings (SSSR count). The van der Waals surface area contributed by atoms with Gasteiger partial charge in [-0.1, -0.05) is 169 Å². The van der Waals surface area contributed by atoms with Crippen LogP contribution in [0.3, 0.4) is 0 Å². The van der Waals surface area contributed by atoms with Crippen molar-refractivity contribution >= 4 is 0 Å². The topological polar surface area (TPSA) is 77.3 Å². The van der Waals surface area contributed by atoms with Crippen LogP contribution in [0, 0.1) is 61.2 Å². The standard InChI is InChI=1S/2C20H32N2.C20H26N2.C2H6/c1-15-3-7-17(8-4-15)9-12-20-21-13-19(14-22-20)18-10-5-16(2)6-11-18;2*1-15-3-5-17(6-4-15)7-8-18-9-11-19(12-10-18)20-21-13-16(2)14-22-20;1-2/h13-18H,3-12H2,1-2H3;13-15,17-19H,3-12H2,1-2H3;9-15,17H,3-8H2,1-2H3;1-2H3. The van der Waals surface area contributed by atoms with Gasteiger partial charge >= 0.3 is 0 Å². The van der Waals surface area contributed by atoms with Crippen LogP contribution in [0.1, 0.15) is 241 Å². The van der Waals surface area contributed by atoms with Gasteiger partial charge in [0.1, 0.15) is 11.6 Å². The van der Waals surface area contributed by atoms with Crippen LogP contribution >= 0.6 is 0 Å². The molecule has 0 N–H and O–H groups in total. The van der Waals surface area contributed by atoms with Crippen LogP contribution < -0.4 is 0 Å². The zero-order valence-corrected chi connectivity index (χ0v) is 44.6. The second-order valence-electron chi connectivity index (χ2n) is 23.0. The van der Waals surface area contributed by atoms with Crippen molar-refractivity contribution in [1.29, 1.82) is 0 Å². The Labute approximate surface area is 416 Å². The molecule has 6 heteroatoms. The monoisotopic (exact) mass is 925 g/mol. The molecule has 5 aliphatic rings. The number of nitrogens with zero attached hydrogens (tertiary/aromatic N) is 6. The van der Waals surface area contributed by atoms with Crippen LogP contribution in [0.4, 0.5) is 0 Å². The third-order valence-corrected chi connectivity index (χ3v) is 17.2. The maximum atomic E-state index is 4.66. The quantitative estimate of drug-likeness (QED) is 0.141. The van der Waals surface area contributed by atoms with Crippen LogP contribution in [0.25, 0.3) is 11.4 Å². The molecule has 0 atom stereocenters. The molecule has 0 bridgehead atoms. The van der Waals surface area contributed by atoms with E-state index < -0.39 is 0 Å². The Bertz CT molecular complexity index is 1900. The number of hydrogen-bond acceptors (Lipinski definition) is 6. The van der Waals surface area contributed by atoms with Gasteiger partial charge in [-0.25, -0.2) is 29.9 Å². The van der Waals surface area contributed by atoms with Crippen LogP contribution in [0.2, 0.25) is 0 Å². The van der Waals surface area contributed by atoms with Crippen LogP contribution in [0.5, 0.6) is 0 Å². The molecule has 6 nitrogen and oxygen atoms in total. The third kappa shape index (κ3) is 18.3. The highest BCUT2D eigenvalue weighted by atomic mass is 14.9. The van der Waals surface area contributed by atoms with Gasteiger partial charge in [0.25, 0.3) is 0 Å². The average molecular weight is 925 g/mol. The fraction of sp³-hybridized carbons (Fsp3) is 0.710. The van der Waals surface area contributed by atoms with E-state index in [2.05, 4.69) is 101 Å². The van der Waals surface area contributed by atoms with Gasteiger partial charge in [0, 0.05) is 55.1 Å². The van der Waals surface area contributed by atoms with Crippen molar-refractivity contribution in [3.05, 3.63) is 95.3 Å². The largest absolute Gasteiger partial charge is 0.241 e. The Morgan fingerprint density at radius 2 is 0.750 bits per heavy atom. The van der Waals surface area contributed by atoms with Gasteiger partial charge in [0.2, 0.25) is 0 Å². The summed E-state index contributed by atoms with van der Waals surface area (Å²) in [5.74, 6) is 12.0. The van der Waals surface area contributed by atoms with E-state index in [1.54, 1.807) is 0 Å². The van der Waals surface area contributed by atoms with Crippen molar-refractivity contribution in [2.75, 3.05) is 0 Å². The first kappa shape index (κ1) is 53.8. The van der Waals surface area contributed by atoms with E-state index in [4.69, 9.17) is 0 Å². The molecule has 5 saturated carbocycles. The summed E-state index contributed by atoms with van der Waals surface area (Å²) in [6.45, 7) is 17.7. The van der Waals surface area contributed by atoms with Crippen molar-refractivity contribution < 1.29 is 0 Å². The highest BCUT2D eigenvalue weighted by molar-refractivity contribution is 5.55. The molecule has 0 spiro atoms. The summed E-state index contributed by atoms with van der Waals surface area (Å²) in [6, 6.07) is 8.79. The summed E-state index contributed by atoms with van der Waals surface area (Å²) in [5, 5.41) is 0. The van der Waals surface area contributed by atoms with Gasteiger partial charge < -0.3 is 0 Å². The van der Waals surface area contributed by atoms with E-state index in [-0.39, 0.29) is 0 Å². The van der Waals surface area contributed by atoms with E-state index in [0.29, 0.717) is 11.8 Å². The lowest BCUT2D eigenvalue weighted by atomic mass is 9.76. The first-order chi connectivity index (χ1) is 33.1. The summed E-state index contributed by atoms with van der Waals surface area (Å²) in [5.41, 5.74) is 6.19. The molecule has 5 fully saturated rings. The minimum absolute atomic E-state index is 0.618. The van der Waals surface area contributed by atoms with Gasteiger partial charge in [-0.2, -0.15) is 0 Å². The summed E-state index contributed by atoms with van der Waals surface area (Å²) in [4.78, 5) is 27.2. The number of aromatic nitrogens is 6. The van der Waals surface area contributed by atoms with Crippen LogP contribution in [0.15, 0.2) is 61.4 Å². The minimum Gasteiger partial charge on any atom is -0.241 e. The van der Waals surface area contributed by atoms with Gasteiger partial charge in [-0.15, -0.1) is 0 Å². The van der Waals surface area contributed by atoms with E-state index in [9.17, 15) is 0 Å². The average Bonchev–Trinajstić information content (AvgIpc) is 3.38. The van der Waals surface area contributed by atoms with E-state index in [1.165, 1.54) is 177 Å². The molecule has 0 radical (unpaired) electrons. The van der Waals surface area contributed by atoms with Crippen molar-refractivity contribution in [1.82, 2.24) is 29.9 Å². The Hall–Kier alpha value is -3.54. The van der Waals surface area contributed by atoms with E-state index in [0.717, 1.165) is 82.4 Å². The summed E-state index contributed by atoms with van der Waals surface area (Å²) >= 11 is 0. The van der Waals surface area contributed by atoms with Crippen LogP contribution in [-0.2, 0) is 12.8 Å². The first-order valence-corrected chi connectivity index (χ1v) is 28.6. The van der Waals surface area contributed by atoms with Crippen molar-refractivity contribution in [2.45, 2.75) is 234 Å². The highest BCUT2D eigenvalue weighted by Crippen LogP contribution is 2.40. The Balaban J connectivity index is 0.000000165. The fourth-order valence-electron chi connectivity index (χ4n) is 12.0. The predicted octanol–water partition coefficient (Wildman–Crippen LogP) is 17.4. The lowest BCUT2D eigenvalue weighted by Crippen LogP contribution is -2.17. The molecule has 0 amide bonds. The molecule has 5 aliphatic carbocycles. The fourth-order valence-corrected chi connectivity index (χ4v) is 12.0. The second kappa shape index (κ2) is 29.0. The number of rotatable bonds is 12.